The summed E-state index contributed by atoms with van der Waals surface area (Å²) in [6.07, 6.45) is 8.04. The number of nitrogens with one attached hydrogen (secondary N) is 1. The van der Waals surface area contributed by atoms with Crippen LogP contribution in [-0.4, -0.2) is 14.5 Å². The van der Waals surface area contributed by atoms with Gasteiger partial charge in [-0.25, -0.2) is 4.98 Å². The molecule has 0 bridgehead atoms. The molecule has 0 aromatic carbocycles. The third kappa shape index (κ3) is 2.53. The summed E-state index contributed by atoms with van der Waals surface area (Å²) in [5, 5.41) is 4.09. The molecule has 3 heterocycles. The van der Waals surface area contributed by atoms with Crippen molar-refractivity contribution < 1.29 is 0 Å². The first-order valence-corrected chi connectivity index (χ1v) is 8.70. The summed E-state index contributed by atoms with van der Waals surface area (Å²) < 4.78 is 1.63. The predicted molar refractivity (Wildman–Crippen MR) is 93.1 cm³/mol. The standard InChI is InChI=1S/C17H18N4OS/c1-21-16(22)14-12-6-2-3-7-13(12)23-15(14)20-17(21)19-10-11-5-4-8-18-9-11/h4-5,8-9H,2-3,6-7,10H2,1H3,(H,19,20). The summed E-state index contributed by atoms with van der Waals surface area (Å²) in [6.45, 7) is 0.602. The monoisotopic (exact) mass is 326 g/mol. The largest absolute Gasteiger partial charge is 0.351 e. The summed E-state index contributed by atoms with van der Waals surface area (Å²) in [6, 6.07) is 3.90. The molecule has 0 radical (unpaired) electrons. The molecule has 0 saturated carbocycles. The van der Waals surface area contributed by atoms with Crippen molar-refractivity contribution >= 4 is 27.5 Å². The lowest BCUT2D eigenvalue weighted by Crippen LogP contribution is -2.22. The highest BCUT2D eigenvalue weighted by molar-refractivity contribution is 7.18. The Morgan fingerprint density at radius 1 is 1.35 bits per heavy atom. The third-order valence-corrected chi connectivity index (χ3v) is 5.56. The van der Waals surface area contributed by atoms with Gasteiger partial charge in [-0.1, -0.05) is 6.07 Å². The van der Waals surface area contributed by atoms with Crippen LogP contribution in [0.1, 0.15) is 28.8 Å². The molecule has 1 N–H and O–H groups in total. The first kappa shape index (κ1) is 14.4. The van der Waals surface area contributed by atoms with Gasteiger partial charge in [-0.2, -0.15) is 0 Å². The van der Waals surface area contributed by atoms with Crippen molar-refractivity contribution in [2.24, 2.45) is 7.05 Å². The first-order valence-electron chi connectivity index (χ1n) is 7.88. The van der Waals surface area contributed by atoms with Crippen LogP contribution in [0.5, 0.6) is 0 Å². The molecule has 0 saturated heterocycles. The van der Waals surface area contributed by atoms with Crippen LogP contribution in [0.3, 0.4) is 0 Å². The van der Waals surface area contributed by atoms with E-state index in [-0.39, 0.29) is 5.56 Å². The van der Waals surface area contributed by atoms with Gasteiger partial charge in [-0.15, -0.1) is 11.3 Å². The lowest BCUT2D eigenvalue weighted by molar-refractivity contribution is 0.699. The van der Waals surface area contributed by atoms with Crippen LogP contribution in [-0.2, 0) is 26.4 Å². The highest BCUT2D eigenvalue weighted by atomic mass is 32.1. The number of aryl methyl sites for hydroxylation is 2. The maximum Gasteiger partial charge on any atom is 0.263 e. The maximum absolute atomic E-state index is 12.8. The number of aromatic nitrogens is 3. The second-order valence-corrected chi connectivity index (χ2v) is 6.99. The topological polar surface area (TPSA) is 59.8 Å². The van der Waals surface area contributed by atoms with Crippen molar-refractivity contribution in [3.8, 4) is 0 Å². The van der Waals surface area contributed by atoms with Gasteiger partial charge in [0.2, 0.25) is 5.95 Å². The number of anilines is 1. The normalized spacial score (nSPS) is 14.0. The van der Waals surface area contributed by atoms with Gasteiger partial charge in [0.05, 0.1) is 5.39 Å². The molecule has 3 aromatic heterocycles. The first-order chi connectivity index (χ1) is 11.2. The highest BCUT2D eigenvalue weighted by Gasteiger charge is 2.21. The molecule has 0 spiro atoms. The minimum atomic E-state index is 0.0584. The van der Waals surface area contributed by atoms with Crippen LogP contribution in [0, 0.1) is 0 Å². The van der Waals surface area contributed by atoms with Crippen molar-refractivity contribution in [2.45, 2.75) is 32.2 Å². The van der Waals surface area contributed by atoms with E-state index in [0.29, 0.717) is 12.5 Å². The number of hydrogen-bond acceptors (Lipinski definition) is 5. The van der Waals surface area contributed by atoms with E-state index >= 15 is 0 Å². The fraction of sp³-hybridized carbons (Fsp3) is 0.353. The lowest BCUT2D eigenvalue weighted by Gasteiger charge is -2.12. The fourth-order valence-corrected chi connectivity index (χ4v) is 4.38. The van der Waals surface area contributed by atoms with Crippen LogP contribution < -0.4 is 10.9 Å². The van der Waals surface area contributed by atoms with Crippen LogP contribution in [0.2, 0.25) is 0 Å². The fourth-order valence-electron chi connectivity index (χ4n) is 3.13. The Labute approximate surface area is 138 Å². The third-order valence-electron chi connectivity index (χ3n) is 4.37. The molecular weight excluding hydrogens is 308 g/mol. The lowest BCUT2D eigenvalue weighted by atomic mass is 9.97. The molecule has 0 aliphatic heterocycles. The van der Waals surface area contributed by atoms with Gasteiger partial charge in [0.1, 0.15) is 4.83 Å². The Kier molecular flexibility index (Phi) is 3.61. The second-order valence-electron chi connectivity index (χ2n) is 5.91. The zero-order valence-corrected chi connectivity index (χ0v) is 13.8. The van der Waals surface area contributed by atoms with E-state index in [4.69, 9.17) is 4.98 Å². The van der Waals surface area contributed by atoms with E-state index < -0.39 is 0 Å². The van der Waals surface area contributed by atoms with Gasteiger partial charge in [0, 0.05) is 30.9 Å². The Morgan fingerprint density at radius 3 is 3.04 bits per heavy atom. The summed E-state index contributed by atoms with van der Waals surface area (Å²) in [7, 11) is 1.78. The van der Waals surface area contributed by atoms with Crippen LogP contribution in [0.15, 0.2) is 29.3 Å². The van der Waals surface area contributed by atoms with E-state index in [1.165, 1.54) is 23.3 Å². The van der Waals surface area contributed by atoms with E-state index in [0.717, 1.165) is 28.6 Å². The number of thiophene rings is 1. The number of pyridine rings is 1. The number of fused-ring (bicyclic) bond motifs is 3. The molecule has 1 aliphatic carbocycles. The molecule has 0 fully saturated rings. The van der Waals surface area contributed by atoms with Crippen molar-refractivity contribution in [2.75, 3.05) is 5.32 Å². The number of hydrogen-bond donors (Lipinski definition) is 1. The van der Waals surface area contributed by atoms with Gasteiger partial charge in [-0.05, 0) is 42.9 Å². The van der Waals surface area contributed by atoms with Gasteiger partial charge in [0.15, 0.2) is 0 Å². The van der Waals surface area contributed by atoms with Crippen molar-refractivity contribution in [3.05, 3.63) is 50.9 Å². The van der Waals surface area contributed by atoms with Crippen LogP contribution >= 0.6 is 11.3 Å². The van der Waals surface area contributed by atoms with E-state index in [1.54, 1.807) is 29.1 Å². The average Bonchev–Trinajstić information content (AvgIpc) is 2.96. The van der Waals surface area contributed by atoms with Crippen LogP contribution in [0.25, 0.3) is 10.2 Å². The Morgan fingerprint density at radius 2 is 2.22 bits per heavy atom. The quantitative estimate of drug-likeness (QED) is 0.804. The molecule has 118 valence electrons. The zero-order valence-electron chi connectivity index (χ0n) is 13.0. The molecular formula is C17H18N4OS. The molecule has 4 rings (SSSR count). The Bertz CT molecular complexity index is 914. The second kappa shape index (κ2) is 5.77. The Balaban J connectivity index is 1.73. The molecule has 1 aliphatic rings. The molecule has 23 heavy (non-hydrogen) atoms. The summed E-state index contributed by atoms with van der Waals surface area (Å²) in [5.41, 5.74) is 2.36. The SMILES string of the molecule is Cn1c(NCc2cccnc2)nc2sc3c(c2c1=O)CCCC3. The molecule has 5 nitrogen and oxygen atoms in total. The van der Waals surface area contributed by atoms with Crippen LogP contribution in [0.4, 0.5) is 5.95 Å². The zero-order chi connectivity index (χ0) is 15.8. The highest BCUT2D eigenvalue weighted by Crippen LogP contribution is 2.34. The molecule has 0 unspecified atom stereocenters. The summed E-state index contributed by atoms with van der Waals surface area (Å²) in [5.74, 6) is 0.616. The number of nitrogens with zero attached hydrogens (tertiary/aromatic N) is 3. The van der Waals surface area contributed by atoms with Gasteiger partial charge < -0.3 is 5.32 Å². The molecule has 6 heteroatoms. The van der Waals surface area contributed by atoms with Crippen molar-refractivity contribution in [1.29, 1.82) is 0 Å². The molecule has 0 atom stereocenters. The predicted octanol–water partition coefficient (Wildman–Crippen LogP) is 2.88. The smallest absolute Gasteiger partial charge is 0.263 e. The number of rotatable bonds is 3. The Hall–Kier alpha value is -2.21. The summed E-state index contributed by atoms with van der Waals surface area (Å²) >= 11 is 1.68. The van der Waals surface area contributed by atoms with E-state index in [2.05, 4.69) is 10.3 Å². The maximum atomic E-state index is 12.8. The minimum absolute atomic E-state index is 0.0584. The average molecular weight is 326 g/mol. The van der Waals surface area contributed by atoms with Gasteiger partial charge in [-0.3, -0.25) is 14.3 Å². The summed E-state index contributed by atoms with van der Waals surface area (Å²) in [4.78, 5) is 23.8. The van der Waals surface area contributed by atoms with Gasteiger partial charge in [0.25, 0.3) is 5.56 Å². The van der Waals surface area contributed by atoms with Crippen molar-refractivity contribution in [3.63, 3.8) is 0 Å². The molecule has 3 aromatic rings. The molecule has 0 amide bonds. The van der Waals surface area contributed by atoms with E-state index in [9.17, 15) is 4.79 Å². The minimum Gasteiger partial charge on any atom is -0.351 e. The van der Waals surface area contributed by atoms with Crippen molar-refractivity contribution in [1.82, 2.24) is 14.5 Å². The van der Waals surface area contributed by atoms with E-state index in [1.807, 2.05) is 18.3 Å². The van der Waals surface area contributed by atoms with Gasteiger partial charge >= 0.3 is 0 Å².